The maximum Gasteiger partial charge on any atom is 0.339 e. The third-order valence-corrected chi connectivity index (χ3v) is 2.87. The van der Waals surface area contributed by atoms with E-state index in [2.05, 4.69) is 15.3 Å². The largest absolute Gasteiger partial charge is 0.478 e. The number of nitrogens with zero attached hydrogens (tertiary/aromatic N) is 2. The summed E-state index contributed by atoms with van der Waals surface area (Å²) in [7, 11) is 0. The van der Waals surface area contributed by atoms with Gasteiger partial charge in [-0.05, 0) is 13.3 Å². The molecule has 1 aromatic rings. The quantitative estimate of drug-likeness (QED) is 0.566. The zero-order chi connectivity index (χ0) is 13.8. The van der Waals surface area contributed by atoms with Crippen LogP contribution in [0.2, 0.25) is 0 Å². The number of hydrogen-bond acceptors (Lipinski definition) is 6. The van der Waals surface area contributed by atoms with Crippen LogP contribution in [0.3, 0.4) is 0 Å². The number of carboxylic acids is 1. The van der Waals surface area contributed by atoms with E-state index < -0.39 is 11.5 Å². The Morgan fingerprint density at radius 1 is 1.44 bits per heavy atom. The first kappa shape index (κ1) is 14.3. The number of carboxylic acid groups (broad SMARTS) is 1. The summed E-state index contributed by atoms with van der Waals surface area (Å²) in [4.78, 5) is 18.7. The van der Waals surface area contributed by atoms with Crippen LogP contribution >= 0.6 is 0 Å². The fourth-order valence-electron chi connectivity index (χ4n) is 1.42. The number of aliphatic hydroxyl groups excluding tert-OH is 2. The molecule has 1 heterocycles. The molecular formula is C11H17N3O4. The van der Waals surface area contributed by atoms with Gasteiger partial charge in [0.15, 0.2) is 0 Å². The summed E-state index contributed by atoms with van der Waals surface area (Å²) in [5, 5.41) is 30.2. The third-order valence-electron chi connectivity index (χ3n) is 2.87. The predicted octanol–water partition coefficient (Wildman–Crippen LogP) is 0.0285. The fourth-order valence-corrected chi connectivity index (χ4v) is 1.42. The molecule has 0 amide bonds. The molecular weight excluding hydrogens is 238 g/mol. The maximum absolute atomic E-state index is 10.8. The molecule has 7 nitrogen and oxygen atoms in total. The average Bonchev–Trinajstić information content (AvgIpc) is 2.36. The van der Waals surface area contributed by atoms with Gasteiger partial charge in [-0.15, -0.1) is 0 Å². The first-order valence-electron chi connectivity index (χ1n) is 5.55. The number of anilines is 1. The summed E-state index contributed by atoms with van der Waals surface area (Å²) in [6, 6.07) is 0. The highest BCUT2D eigenvalue weighted by Crippen LogP contribution is 2.16. The van der Waals surface area contributed by atoms with E-state index in [1.807, 2.05) is 0 Å². The Morgan fingerprint density at radius 3 is 2.44 bits per heavy atom. The van der Waals surface area contributed by atoms with E-state index in [4.69, 9.17) is 5.11 Å². The average molecular weight is 255 g/mol. The minimum absolute atomic E-state index is 0.0237. The lowest BCUT2D eigenvalue weighted by atomic mass is 9.99. The Hall–Kier alpha value is -1.73. The molecule has 0 aliphatic carbocycles. The van der Waals surface area contributed by atoms with Gasteiger partial charge in [0, 0.05) is 6.20 Å². The fraction of sp³-hybridized carbons (Fsp3) is 0.545. The van der Waals surface area contributed by atoms with Crippen LogP contribution in [-0.2, 0) is 0 Å². The van der Waals surface area contributed by atoms with E-state index in [1.54, 1.807) is 13.8 Å². The summed E-state index contributed by atoms with van der Waals surface area (Å²) in [5.41, 5.74) is -0.562. The van der Waals surface area contributed by atoms with Crippen molar-refractivity contribution in [3.05, 3.63) is 17.5 Å². The van der Waals surface area contributed by atoms with Crippen LogP contribution in [0.25, 0.3) is 0 Å². The molecule has 1 aromatic heterocycles. The van der Waals surface area contributed by atoms with Crippen LogP contribution in [0.4, 0.5) is 5.95 Å². The lowest BCUT2D eigenvalue weighted by Crippen LogP contribution is -2.45. The molecule has 18 heavy (non-hydrogen) atoms. The van der Waals surface area contributed by atoms with Gasteiger partial charge in [0.1, 0.15) is 0 Å². The van der Waals surface area contributed by atoms with Crippen molar-refractivity contribution in [2.24, 2.45) is 0 Å². The van der Waals surface area contributed by atoms with Gasteiger partial charge in [-0.1, -0.05) is 6.92 Å². The molecule has 4 N–H and O–H groups in total. The molecule has 1 rings (SSSR count). The van der Waals surface area contributed by atoms with Crippen LogP contribution in [0.15, 0.2) is 6.20 Å². The molecule has 0 spiro atoms. The van der Waals surface area contributed by atoms with Crippen molar-refractivity contribution in [1.82, 2.24) is 9.97 Å². The number of carbonyl (C=O) groups is 1. The normalized spacial score (nSPS) is 11.3. The second-order valence-corrected chi connectivity index (χ2v) is 4.07. The first-order chi connectivity index (χ1) is 8.48. The topological polar surface area (TPSA) is 116 Å². The van der Waals surface area contributed by atoms with Crippen LogP contribution in [-0.4, -0.2) is 50.0 Å². The Balaban J connectivity index is 2.98. The second kappa shape index (κ2) is 5.74. The second-order valence-electron chi connectivity index (χ2n) is 4.07. The van der Waals surface area contributed by atoms with Gasteiger partial charge in [0.2, 0.25) is 5.95 Å². The van der Waals surface area contributed by atoms with Crippen molar-refractivity contribution in [3.63, 3.8) is 0 Å². The molecule has 0 saturated heterocycles. The minimum atomic E-state index is -1.09. The number of aryl methyl sites for hydroxylation is 1. The monoisotopic (exact) mass is 255 g/mol. The molecule has 0 saturated carbocycles. The summed E-state index contributed by atoms with van der Waals surface area (Å²) < 4.78 is 0. The van der Waals surface area contributed by atoms with Gasteiger partial charge in [-0.25, -0.2) is 14.8 Å². The van der Waals surface area contributed by atoms with Crippen molar-refractivity contribution >= 4 is 11.9 Å². The highest BCUT2D eigenvalue weighted by atomic mass is 16.4. The number of rotatable bonds is 6. The van der Waals surface area contributed by atoms with Gasteiger partial charge in [-0.2, -0.15) is 0 Å². The lowest BCUT2D eigenvalue weighted by molar-refractivity contribution is 0.0695. The molecule has 100 valence electrons. The van der Waals surface area contributed by atoms with E-state index in [1.165, 1.54) is 6.20 Å². The molecule has 0 radical (unpaired) electrons. The summed E-state index contributed by atoms with van der Waals surface area (Å²) >= 11 is 0. The predicted molar refractivity (Wildman–Crippen MR) is 64.5 cm³/mol. The van der Waals surface area contributed by atoms with Crippen molar-refractivity contribution in [2.45, 2.75) is 25.8 Å². The van der Waals surface area contributed by atoms with E-state index in [0.29, 0.717) is 12.1 Å². The van der Waals surface area contributed by atoms with Gasteiger partial charge in [0.25, 0.3) is 0 Å². The first-order valence-corrected chi connectivity index (χ1v) is 5.55. The highest BCUT2D eigenvalue weighted by molar-refractivity contribution is 5.88. The Labute approximate surface area is 105 Å². The Kier molecular flexibility index (Phi) is 4.57. The van der Waals surface area contributed by atoms with Crippen LogP contribution in [0.5, 0.6) is 0 Å². The minimum Gasteiger partial charge on any atom is -0.478 e. The molecule has 0 aromatic carbocycles. The van der Waals surface area contributed by atoms with Gasteiger partial charge >= 0.3 is 5.97 Å². The Bertz CT molecular complexity index is 424. The van der Waals surface area contributed by atoms with E-state index >= 15 is 0 Å². The molecule has 0 bridgehead atoms. The van der Waals surface area contributed by atoms with Crippen molar-refractivity contribution in [2.75, 3.05) is 18.5 Å². The number of aliphatic hydroxyl groups is 2. The van der Waals surface area contributed by atoms with Gasteiger partial charge < -0.3 is 20.6 Å². The summed E-state index contributed by atoms with van der Waals surface area (Å²) in [6.07, 6.45) is 1.67. The number of hydrogen-bond donors (Lipinski definition) is 4. The summed E-state index contributed by atoms with van der Waals surface area (Å²) in [6.45, 7) is 2.81. The van der Waals surface area contributed by atoms with Crippen molar-refractivity contribution < 1.29 is 20.1 Å². The molecule has 0 aliphatic rings. The maximum atomic E-state index is 10.8. The van der Waals surface area contributed by atoms with E-state index in [-0.39, 0.29) is 24.7 Å². The SMILES string of the molecule is CCC(CO)(CO)Nc1ncc(C(=O)O)c(C)n1. The zero-order valence-corrected chi connectivity index (χ0v) is 10.3. The molecule has 0 fully saturated rings. The lowest BCUT2D eigenvalue weighted by Gasteiger charge is -2.29. The zero-order valence-electron chi connectivity index (χ0n) is 10.3. The molecule has 0 atom stereocenters. The van der Waals surface area contributed by atoms with Crippen molar-refractivity contribution in [1.29, 1.82) is 0 Å². The smallest absolute Gasteiger partial charge is 0.339 e. The van der Waals surface area contributed by atoms with Gasteiger partial charge in [-0.3, -0.25) is 0 Å². The van der Waals surface area contributed by atoms with Gasteiger partial charge in [0.05, 0.1) is 30.0 Å². The molecule has 0 unspecified atom stereocenters. The van der Waals surface area contributed by atoms with Crippen LogP contribution in [0.1, 0.15) is 29.4 Å². The Morgan fingerprint density at radius 2 is 2.06 bits per heavy atom. The number of aromatic carboxylic acids is 1. The van der Waals surface area contributed by atoms with E-state index in [0.717, 1.165) is 0 Å². The van der Waals surface area contributed by atoms with E-state index in [9.17, 15) is 15.0 Å². The van der Waals surface area contributed by atoms with Crippen LogP contribution in [0, 0.1) is 6.92 Å². The van der Waals surface area contributed by atoms with Crippen LogP contribution < -0.4 is 5.32 Å². The van der Waals surface area contributed by atoms with Crippen molar-refractivity contribution in [3.8, 4) is 0 Å². The highest BCUT2D eigenvalue weighted by Gasteiger charge is 2.27. The summed E-state index contributed by atoms with van der Waals surface area (Å²) in [5.74, 6) is -0.910. The molecule has 7 heteroatoms. The third kappa shape index (κ3) is 2.93. The number of aromatic nitrogens is 2. The number of nitrogens with one attached hydrogen (secondary N) is 1. The standard InChI is InChI=1S/C11H17N3O4/c1-3-11(5-15,6-16)14-10-12-4-8(9(17)18)7(2)13-10/h4,15-16H,3,5-6H2,1-2H3,(H,17,18)(H,12,13,14). The molecule has 0 aliphatic heterocycles.